The minimum absolute atomic E-state index is 0.244. The lowest BCUT2D eigenvalue weighted by Gasteiger charge is -2.29. The Bertz CT molecular complexity index is 1430. The summed E-state index contributed by atoms with van der Waals surface area (Å²) in [5.41, 5.74) is 1.71. The van der Waals surface area contributed by atoms with Gasteiger partial charge in [-0.2, -0.15) is 5.09 Å². The van der Waals surface area contributed by atoms with Crippen molar-refractivity contribution < 1.29 is 42.1 Å². The number of carbonyl (C=O) groups is 2. The van der Waals surface area contributed by atoms with Crippen LogP contribution in [0.5, 0.6) is 5.75 Å². The summed E-state index contributed by atoms with van der Waals surface area (Å²) in [7, 11) is -4.23. The molecule has 14 nitrogen and oxygen atoms in total. The highest BCUT2D eigenvalue weighted by molar-refractivity contribution is 7.52. The number of hydrogen-bond acceptors (Lipinski definition) is 12. The summed E-state index contributed by atoms with van der Waals surface area (Å²) in [6.45, 7) is 8.28. The number of para-hydroxylation sites is 1. The number of nitrogens with zero attached hydrogens (tertiary/aromatic N) is 4. The van der Waals surface area contributed by atoms with Gasteiger partial charge in [0.1, 0.15) is 29.7 Å². The van der Waals surface area contributed by atoms with Crippen molar-refractivity contribution in [1.82, 2.24) is 24.6 Å². The summed E-state index contributed by atoms with van der Waals surface area (Å²) in [4.78, 5) is 37.5. The smallest absolute Gasteiger partial charge is 0.462 e. The van der Waals surface area contributed by atoms with E-state index in [4.69, 9.17) is 28.0 Å². The normalized spacial score (nSPS) is 25.1. The summed E-state index contributed by atoms with van der Waals surface area (Å²) in [6, 6.07) is 7.32. The van der Waals surface area contributed by atoms with E-state index in [1.165, 1.54) is 19.6 Å². The third kappa shape index (κ3) is 5.66. The molecule has 5 rings (SSSR count). The molecule has 2 saturated heterocycles. The molecule has 1 unspecified atom stereocenters. The van der Waals surface area contributed by atoms with Crippen LogP contribution in [0.3, 0.4) is 0 Å². The minimum atomic E-state index is -4.23. The third-order valence-electron chi connectivity index (χ3n) is 6.30. The van der Waals surface area contributed by atoms with Crippen LogP contribution in [-0.4, -0.2) is 68.2 Å². The average molecular weight is 576 g/mol. The Morgan fingerprint density at radius 1 is 1.07 bits per heavy atom. The van der Waals surface area contributed by atoms with Crippen LogP contribution in [0, 0.1) is 6.92 Å². The first kappa shape index (κ1) is 28.0. The Morgan fingerprint density at radius 3 is 2.52 bits per heavy atom. The van der Waals surface area contributed by atoms with Gasteiger partial charge in [0.25, 0.3) is 0 Å². The fourth-order valence-electron chi connectivity index (χ4n) is 4.53. The molecule has 4 heterocycles. The maximum absolute atomic E-state index is 14.0. The second-order valence-corrected chi connectivity index (χ2v) is 11.4. The van der Waals surface area contributed by atoms with Gasteiger partial charge in [0.15, 0.2) is 24.1 Å². The van der Waals surface area contributed by atoms with Crippen molar-refractivity contribution in [1.29, 1.82) is 0 Å². The van der Waals surface area contributed by atoms with Crippen molar-refractivity contribution in [3.8, 4) is 5.75 Å². The first-order valence-electron chi connectivity index (χ1n) is 12.7. The number of rotatable bonds is 10. The molecule has 2 fully saturated rings. The van der Waals surface area contributed by atoms with Crippen molar-refractivity contribution in [2.24, 2.45) is 0 Å². The van der Waals surface area contributed by atoms with E-state index >= 15 is 0 Å². The Labute approximate surface area is 229 Å². The molecule has 1 N–H and O–H groups in total. The molecule has 0 bridgehead atoms. The zero-order chi connectivity index (χ0) is 28.6. The molecule has 0 saturated carbocycles. The second-order valence-electron chi connectivity index (χ2n) is 9.74. The summed E-state index contributed by atoms with van der Waals surface area (Å²) in [5.74, 6) is -0.392. The Kier molecular flexibility index (Phi) is 7.78. The van der Waals surface area contributed by atoms with E-state index in [1.807, 2.05) is 0 Å². The molecule has 214 valence electrons. The first-order chi connectivity index (χ1) is 19.0. The summed E-state index contributed by atoms with van der Waals surface area (Å²) >= 11 is 0. The maximum atomic E-state index is 14.0. The van der Waals surface area contributed by atoms with Gasteiger partial charge in [-0.25, -0.2) is 24.3 Å². The van der Waals surface area contributed by atoms with Gasteiger partial charge in [-0.05, 0) is 46.8 Å². The Balaban J connectivity index is 1.40. The molecule has 15 heteroatoms. The third-order valence-corrected chi connectivity index (χ3v) is 8.06. The number of nitrogens with one attached hydrogen (secondary N) is 1. The van der Waals surface area contributed by atoms with Gasteiger partial charge < -0.3 is 23.5 Å². The predicted octanol–water partition coefficient (Wildman–Crippen LogP) is 3.46. The predicted molar refractivity (Wildman–Crippen MR) is 138 cm³/mol. The van der Waals surface area contributed by atoms with Gasteiger partial charge in [0.05, 0.1) is 24.2 Å². The van der Waals surface area contributed by atoms with Crippen molar-refractivity contribution in [2.75, 3.05) is 0 Å². The SMILES string of the molecule is Cc1ncnc2c1ncn2[C@@H]1O[C@H]([C@H](C)OP(=O)(N[C@@H](C)C(=O)OC(C)C)Oc2ccccc2)[C@H]2OC(=O)O[C@H]21. The largest absolute Gasteiger partial charge is 0.509 e. The highest BCUT2D eigenvalue weighted by Crippen LogP contribution is 2.49. The molecule has 2 aliphatic rings. The molecule has 0 radical (unpaired) electrons. The van der Waals surface area contributed by atoms with Crippen LogP contribution in [-0.2, 0) is 32.8 Å². The van der Waals surface area contributed by atoms with Gasteiger partial charge >= 0.3 is 19.9 Å². The van der Waals surface area contributed by atoms with Gasteiger partial charge in [-0.3, -0.25) is 13.9 Å². The molecular formula is C25H30N5O9P. The number of imidazole rings is 1. The monoisotopic (exact) mass is 575 g/mol. The number of ether oxygens (including phenoxy) is 4. The zero-order valence-electron chi connectivity index (χ0n) is 22.5. The maximum Gasteiger partial charge on any atom is 0.509 e. The molecule has 40 heavy (non-hydrogen) atoms. The van der Waals surface area contributed by atoms with Crippen LogP contribution >= 0.6 is 7.75 Å². The lowest BCUT2D eigenvalue weighted by Crippen LogP contribution is -2.41. The number of carbonyl (C=O) groups excluding carboxylic acids is 2. The quantitative estimate of drug-likeness (QED) is 0.276. The van der Waals surface area contributed by atoms with Crippen LogP contribution < -0.4 is 9.61 Å². The molecule has 0 aliphatic carbocycles. The van der Waals surface area contributed by atoms with E-state index in [0.717, 1.165) is 0 Å². The van der Waals surface area contributed by atoms with Gasteiger partial charge in [-0.1, -0.05) is 18.2 Å². The molecule has 3 aromatic rings. The van der Waals surface area contributed by atoms with Gasteiger partial charge in [-0.15, -0.1) is 0 Å². The number of benzene rings is 1. The minimum Gasteiger partial charge on any atom is -0.462 e. The number of fused-ring (bicyclic) bond motifs is 2. The van der Waals surface area contributed by atoms with Crippen molar-refractivity contribution in [2.45, 2.75) is 77.4 Å². The van der Waals surface area contributed by atoms with Crippen molar-refractivity contribution in [3.05, 3.63) is 48.7 Å². The molecule has 7 atom stereocenters. The lowest BCUT2D eigenvalue weighted by atomic mass is 10.1. The van der Waals surface area contributed by atoms with Crippen molar-refractivity contribution in [3.63, 3.8) is 0 Å². The summed E-state index contributed by atoms with van der Waals surface area (Å²) in [6.07, 6.45) is -2.88. The highest BCUT2D eigenvalue weighted by Gasteiger charge is 2.58. The Hall–Kier alpha value is -3.58. The van der Waals surface area contributed by atoms with Crippen LogP contribution in [0.25, 0.3) is 11.2 Å². The first-order valence-corrected chi connectivity index (χ1v) is 14.3. The van der Waals surface area contributed by atoms with E-state index in [9.17, 15) is 14.2 Å². The summed E-state index contributed by atoms with van der Waals surface area (Å²) in [5, 5.41) is 2.65. The van der Waals surface area contributed by atoms with Crippen LogP contribution in [0.2, 0.25) is 0 Å². The number of aromatic nitrogens is 4. The van der Waals surface area contributed by atoms with Crippen LogP contribution in [0.1, 0.15) is 39.6 Å². The van der Waals surface area contributed by atoms with E-state index in [1.54, 1.807) is 62.6 Å². The number of hydrogen-bond donors (Lipinski definition) is 1. The summed E-state index contributed by atoms with van der Waals surface area (Å²) < 4.78 is 49.7. The second kappa shape index (κ2) is 11.1. The number of esters is 1. The van der Waals surface area contributed by atoms with Gasteiger partial charge in [0.2, 0.25) is 0 Å². The van der Waals surface area contributed by atoms with E-state index in [-0.39, 0.29) is 11.9 Å². The Morgan fingerprint density at radius 2 is 1.80 bits per heavy atom. The number of aryl methyl sites for hydroxylation is 1. The van der Waals surface area contributed by atoms with Gasteiger partial charge in [0, 0.05) is 0 Å². The lowest BCUT2D eigenvalue weighted by molar-refractivity contribution is -0.149. The topological polar surface area (TPSA) is 162 Å². The fourth-order valence-corrected chi connectivity index (χ4v) is 6.23. The molecular weight excluding hydrogens is 545 g/mol. The molecule has 0 amide bonds. The van der Waals surface area contributed by atoms with Crippen LogP contribution in [0.4, 0.5) is 4.79 Å². The van der Waals surface area contributed by atoms with E-state index < -0.39 is 56.6 Å². The highest BCUT2D eigenvalue weighted by atomic mass is 31.2. The zero-order valence-corrected chi connectivity index (χ0v) is 23.4. The molecule has 0 spiro atoms. The van der Waals surface area contributed by atoms with E-state index in [0.29, 0.717) is 16.9 Å². The molecule has 2 aromatic heterocycles. The van der Waals surface area contributed by atoms with E-state index in [2.05, 4.69) is 20.0 Å². The average Bonchev–Trinajstić information content (AvgIpc) is 3.57. The fraction of sp³-hybridized carbons (Fsp3) is 0.480. The molecule has 2 aliphatic heterocycles. The molecule has 1 aromatic carbocycles. The standard InChI is InChI=1S/C25H30N5O9P/c1-13(2)34-24(31)15(4)29-40(33,39-17-9-7-6-8-10-17)38-16(5)19-20-21(37-25(32)36-20)23(35-19)30-12-28-18-14(3)26-11-27-22(18)30/h6-13,15-16,19-21,23H,1-5H3,(H,29,33)/t15-,16-,19+,20+,21+,23+,40?/m0/s1. The van der Waals surface area contributed by atoms with Crippen LogP contribution in [0.15, 0.2) is 43.0 Å². The van der Waals surface area contributed by atoms with Crippen molar-refractivity contribution >= 4 is 31.0 Å².